The molecule has 20 heavy (non-hydrogen) atoms. The van der Waals surface area contributed by atoms with Crippen LogP contribution in [0.25, 0.3) is 0 Å². The Morgan fingerprint density at radius 3 is 2.90 bits per heavy atom. The summed E-state index contributed by atoms with van der Waals surface area (Å²) in [6.07, 6.45) is 2.21. The number of nitrogens with two attached hydrogens (primary N) is 1. The quantitative estimate of drug-likeness (QED) is 0.486. The summed E-state index contributed by atoms with van der Waals surface area (Å²) < 4.78 is 0. The molecule has 1 aliphatic heterocycles. The summed E-state index contributed by atoms with van der Waals surface area (Å²) in [4.78, 5) is 24.3. The Morgan fingerprint density at radius 2 is 2.35 bits per heavy atom. The fraction of sp³-hybridized carbons (Fsp3) is 0.462. The van der Waals surface area contributed by atoms with Crippen molar-refractivity contribution in [2.75, 3.05) is 25.9 Å². The molecular formula is C13H18N4O3. The number of benzene rings is 1. The third-order valence-corrected chi connectivity index (χ3v) is 3.66. The molecule has 1 atom stereocenters. The lowest BCUT2D eigenvalue weighted by Crippen LogP contribution is -2.38. The number of nitrogens with zero attached hydrogens (tertiary/aromatic N) is 2. The number of carbonyl (C=O) groups excluding carboxylic acids is 1. The molecular weight excluding hydrogens is 260 g/mol. The minimum absolute atomic E-state index is 0.000587. The first-order chi connectivity index (χ1) is 9.49. The van der Waals surface area contributed by atoms with Crippen molar-refractivity contribution >= 4 is 17.3 Å². The van der Waals surface area contributed by atoms with E-state index in [4.69, 9.17) is 5.73 Å². The van der Waals surface area contributed by atoms with Crippen LogP contribution in [0.1, 0.15) is 23.2 Å². The van der Waals surface area contributed by atoms with Crippen LogP contribution in [0, 0.1) is 10.1 Å². The van der Waals surface area contributed by atoms with Gasteiger partial charge in [0.15, 0.2) is 0 Å². The molecule has 1 heterocycles. The van der Waals surface area contributed by atoms with E-state index in [1.165, 1.54) is 18.2 Å². The average Bonchev–Trinajstić information content (AvgIpc) is 2.81. The van der Waals surface area contributed by atoms with E-state index < -0.39 is 4.92 Å². The molecule has 1 aliphatic rings. The number of nitro groups is 1. The molecule has 0 saturated carbocycles. The standard InChI is InChI=1S/C13H18N4O3/c1-16-6-2-3-10(16)8-15-13(18)9-4-5-12(17(19)20)11(14)7-9/h4-5,7,10H,2-3,6,8,14H2,1H3,(H,15,18). The highest BCUT2D eigenvalue weighted by atomic mass is 16.6. The molecule has 108 valence electrons. The van der Waals surface area contributed by atoms with Gasteiger partial charge in [0.05, 0.1) is 4.92 Å². The first-order valence-corrected chi connectivity index (χ1v) is 6.51. The maximum Gasteiger partial charge on any atom is 0.292 e. The summed E-state index contributed by atoms with van der Waals surface area (Å²) in [6.45, 7) is 1.62. The van der Waals surface area contributed by atoms with Crippen LogP contribution in [0.2, 0.25) is 0 Å². The molecule has 0 aliphatic carbocycles. The molecule has 7 heteroatoms. The lowest BCUT2D eigenvalue weighted by molar-refractivity contribution is -0.383. The second-order valence-corrected chi connectivity index (χ2v) is 5.02. The molecule has 1 amide bonds. The van der Waals surface area contributed by atoms with E-state index in [0.29, 0.717) is 18.2 Å². The third-order valence-electron chi connectivity index (χ3n) is 3.66. The lowest BCUT2D eigenvalue weighted by Gasteiger charge is -2.19. The molecule has 1 fully saturated rings. The van der Waals surface area contributed by atoms with Gasteiger partial charge in [0.25, 0.3) is 11.6 Å². The third kappa shape index (κ3) is 3.05. The zero-order valence-electron chi connectivity index (χ0n) is 11.3. The Bertz CT molecular complexity index is 532. The van der Waals surface area contributed by atoms with Crippen LogP contribution < -0.4 is 11.1 Å². The van der Waals surface area contributed by atoms with Crippen LogP contribution in [-0.4, -0.2) is 41.9 Å². The van der Waals surface area contributed by atoms with E-state index in [-0.39, 0.29) is 17.3 Å². The molecule has 2 rings (SSSR count). The predicted molar refractivity (Wildman–Crippen MR) is 75.5 cm³/mol. The number of nitrogens with one attached hydrogen (secondary N) is 1. The second kappa shape index (κ2) is 5.87. The van der Waals surface area contributed by atoms with E-state index in [9.17, 15) is 14.9 Å². The van der Waals surface area contributed by atoms with E-state index in [1.807, 2.05) is 7.05 Å². The van der Waals surface area contributed by atoms with Gasteiger partial charge >= 0.3 is 0 Å². The Labute approximate surface area is 116 Å². The van der Waals surface area contributed by atoms with Gasteiger partial charge in [-0.25, -0.2) is 0 Å². The van der Waals surface area contributed by atoms with Crippen LogP contribution in [0.15, 0.2) is 18.2 Å². The first kappa shape index (κ1) is 14.3. The fourth-order valence-corrected chi connectivity index (χ4v) is 2.41. The van der Waals surface area contributed by atoms with Crippen molar-refractivity contribution < 1.29 is 9.72 Å². The van der Waals surface area contributed by atoms with Gasteiger partial charge in [-0.05, 0) is 38.6 Å². The first-order valence-electron chi connectivity index (χ1n) is 6.51. The van der Waals surface area contributed by atoms with Crippen molar-refractivity contribution in [3.05, 3.63) is 33.9 Å². The van der Waals surface area contributed by atoms with Gasteiger partial charge in [0.1, 0.15) is 5.69 Å². The number of carbonyl (C=O) groups is 1. The van der Waals surface area contributed by atoms with Gasteiger partial charge in [-0.15, -0.1) is 0 Å². The summed E-state index contributed by atoms with van der Waals surface area (Å²) >= 11 is 0. The van der Waals surface area contributed by atoms with Crippen molar-refractivity contribution in [3.8, 4) is 0 Å². The zero-order valence-corrected chi connectivity index (χ0v) is 11.3. The van der Waals surface area contributed by atoms with E-state index in [1.54, 1.807) is 0 Å². The normalized spacial score (nSPS) is 18.9. The number of likely N-dealkylation sites (N-methyl/N-ethyl adjacent to an activating group) is 1. The van der Waals surface area contributed by atoms with Crippen molar-refractivity contribution in [3.63, 3.8) is 0 Å². The number of likely N-dealkylation sites (tertiary alicyclic amines) is 1. The number of nitrogen functional groups attached to an aromatic ring is 1. The number of amides is 1. The van der Waals surface area contributed by atoms with Crippen molar-refractivity contribution in [1.82, 2.24) is 10.2 Å². The van der Waals surface area contributed by atoms with Crippen molar-refractivity contribution in [2.45, 2.75) is 18.9 Å². The highest BCUT2D eigenvalue weighted by molar-refractivity contribution is 5.95. The van der Waals surface area contributed by atoms with E-state index >= 15 is 0 Å². The van der Waals surface area contributed by atoms with Crippen molar-refractivity contribution in [1.29, 1.82) is 0 Å². The highest BCUT2D eigenvalue weighted by Gasteiger charge is 2.21. The average molecular weight is 278 g/mol. The van der Waals surface area contributed by atoms with Crippen LogP contribution in [0.5, 0.6) is 0 Å². The number of anilines is 1. The number of hydrogen-bond donors (Lipinski definition) is 2. The lowest BCUT2D eigenvalue weighted by atomic mass is 10.1. The van der Waals surface area contributed by atoms with E-state index in [2.05, 4.69) is 10.2 Å². The van der Waals surface area contributed by atoms with Crippen LogP contribution >= 0.6 is 0 Å². The van der Waals surface area contributed by atoms with E-state index in [0.717, 1.165) is 19.4 Å². The van der Waals surface area contributed by atoms with Gasteiger partial charge < -0.3 is 16.0 Å². The largest absolute Gasteiger partial charge is 0.393 e. The summed E-state index contributed by atoms with van der Waals surface area (Å²) in [6, 6.07) is 4.37. The number of nitro benzene ring substituents is 1. The Morgan fingerprint density at radius 1 is 1.60 bits per heavy atom. The van der Waals surface area contributed by atoms with Crippen LogP contribution in [0.3, 0.4) is 0 Å². The summed E-state index contributed by atoms with van der Waals surface area (Å²) in [5.41, 5.74) is 5.73. The number of hydrogen-bond acceptors (Lipinski definition) is 5. The molecule has 1 unspecified atom stereocenters. The van der Waals surface area contributed by atoms with Gasteiger partial charge in [0.2, 0.25) is 0 Å². The van der Waals surface area contributed by atoms with Gasteiger partial charge in [0, 0.05) is 24.2 Å². The molecule has 0 aromatic heterocycles. The topological polar surface area (TPSA) is 102 Å². The summed E-state index contributed by atoms with van der Waals surface area (Å²) in [5, 5.41) is 13.5. The predicted octanol–water partition coefficient (Wildman–Crippen LogP) is 1.00. The Balaban J connectivity index is 1.99. The summed E-state index contributed by atoms with van der Waals surface area (Å²) in [7, 11) is 2.04. The second-order valence-electron chi connectivity index (χ2n) is 5.02. The molecule has 1 saturated heterocycles. The molecule has 1 aromatic carbocycles. The SMILES string of the molecule is CN1CCCC1CNC(=O)c1ccc([N+](=O)[O-])c(N)c1. The minimum atomic E-state index is -0.565. The maximum atomic E-state index is 12.0. The monoisotopic (exact) mass is 278 g/mol. The molecule has 1 aromatic rings. The smallest absolute Gasteiger partial charge is 0.292 e. The molecule has 0 bridgehead atoms. The van der Waals surface area contributed by atoms with Gasteiger partial charge in [-0.2, -0.15) is 0 Å². The maximum absolute atomic E-state index is 12.0. The minimum Gasteiger partial charge on any atom is -0.393 e. The van der Waals surface area contributed by atoms with Crippen LogP contribution in [-0.2, 0) is 0 Å². The Hall–Kier alpha value is -2.15. The fourth-order valence-electron chi connectivity index (χ4n) is 2.41. The molecule has 0 spiro atoms. The highest BCUT2D eigenvalue weighted by Crippen LogP contribution is 2.22. The van der Waals surface area contributed by atoms with Crippen molar-refractivity contribution in [2.24, 2.45) is 0 Å². The summed E-state index contributed by atoms with van der Waals surface area (Å²) in [5.74, 6) is -0.258. The van der Waals surface area contributed by atoms with Gasteiger partial charge in [-0.1, -0.05) is 0 Å². The molecule has 0 radical (unpaired) electrons. The van der Waals surface area contributed by atoms with Crippen LogP contribution in [0.4, 0.5) is 11.4 Å². The molecule has 3 N–H and O–H groups in total. The molecule has 7 nitrogen and oxygen atoms in total. The van der Waals surface area contributed by atoms with Gasteiger partial charge in [-0.3, -0.25) is 14.9 Å². The number of rotatable bonds is 4. The zero-order chi connectivity index (χ0) is 14.7. The Kier molecular flexibility index (Phi) is 4.19.